The van der Waals surface area contributed by atoms with Crippen molar-refractivity contribution in [2.24, 2.45) is 17.8 Å². The Labute approximate surface area is 214 Å². The van der Waals surface area contributed by atoms with Gasteiger partial charge in [-0.25, -0.2) is 0 Å². The van der Waals surface area contributed by atoms with Crippen molar-refractivity contribution in [3.8, 4) is 0 Å². The number of aliphatic hydroxyl groups excluding tert-OH is 1. The lowest BCUT2D eigenvalue weighted by molar-refractivity contribution is -0.155. The Balaban J connectivity index is 1.80. The first-order chi connectivity index (χ1) is 16.6. The zero-order valence-corrected chi connectivity index (χ0v) is 22.5. The second-order valence-electron chi connectivity index (χ2n) is 10.1. The van der Waals surface area contributed by atoms with Crippen LogP contribution in [-0.2, 0) is 23.9 Å². The molecular formula is C26H35BrN2O6. The molecule has 3 fully saturated rings. The number of alkyl halides is 1. The number of benzene rings is 1. The van der Waals surface area contributed by atoms with Crippen LogP contribution >= 0.6 is 15.9 Å². The SMILES string of the molecule is CCOC(=O)[C@@H]1[C@H]2O[C@@]3(CC2Br)[C@H](C(=O)Nc2cc(C)ccc2C)N([C@@H](CO)[C@@H](C)CC)C(=O)[C@@H]13. The van der Waals surface area contributed by atoms with Gasteiger partial charge in [0.15, 0.2) is 0 Å². The average molecular weight is 551 g/mol. The van der Waals surface area contributed by atoms with Crippen LogP contribution in [-0.4, -0.2) is 69.6 Å². The molecule has 4 rings (SSSR count). The van der Waals surface area contributed by atoms with Crippen LogP contribution in [0.3, 0.4) is 0 Å². The van der Waals surface area contributed by atoms with Gasteiger partial charge in [0, 0.05) is 10.5 Å². The summed E-state index contributed by atoms with van der Waals surface area (Å²) in [4.78, 5) is 42.4. The Morgan fingerprint density at radius 1 is 1.34 bits per heavy atom. The van der Waals surface area contributed by atoms with E-state index in [1.807, 2.05) is 45.9 Å². The second kappa shape index (κ2) is 9.82. The van der Waals surface area contributed by atoms with E-state index in [4.69, 9.17) is 9.47 Å². The molecular weight excluding hydrogens is 516 g/mol. The number of carbonyl (C=O) groups is 3. The predicted octanol–water partition coefficient (Wildman–Crippen LogP) is 2.96. The molecule has 1 aromatic rings. The summed E-state index contributed by atoms with van der Waals surface area (Å²) in [5.41, 5.74) is 1.37. The summed E-state index contributed by atoms with van der Waals surface area (Å²) in [6, 6.07) is 4.22. The molecule has 1 spiro atoms. The second-order valence-corrected chi connectivity index (χ2v) is 11.3. The molecule has 2 N–H and O–H groups in total. The predicted molar refractivity (Wildman–Crippen MR) is 134 cm³/mol. The third-order valence-corrected chi connectivity index (χ3v) is 8.88. The highest BCUT2D eigenvalue weighted by Crippen LogP contribution is 2.60. The molecule has 8 atom stereocenters. The van der Waals surface area contributed by atoms with E-state index in [9.17, 15) is 19.5 Å². The van der Waals surface area contributed by atoms with Crippen molar-refractivity contribution >= 4 is 39.4 Å². The average Bonchev–Trinajstić information content (AvgIpc) is 3.40. The normalized spacial score (nSPS) is 32.9. The highest BCUT2D eigenvalue weighted by Gasteiger charge is 2.77. The van der Waals surface area contributed by atoms with E-state index < -0.39 is 41.6 Å². The van der Waals surface area contributed by atoms with Crippen molar-refractivity contribution in [1.82, 2.24) is 4.90 Å². The molecule has 1 aromatic carbocycles. The number of esters is 1. The number of likely N-dealkylation sites (tertiary alicyclic amines) is 1. The fourth-order valence-corrected chi connectivity index (χ4v) is 7.06. The summed E-state index contributed by atoms with van der Waals surface area (Å²) < 4.78 is 11.8. The van der Waals surface area contributed by atoms with Crippen LogP contribution in [0.25, 0.3) is 0 Å². The van der Waals surface area contributed by atoms with Gasteiger partial charge in [0.1, 0.15) is 11.6 Å². The summed E-state index contributed by atoms with van der Waals surface area (Å²) in [5, 5.41) is 13.4. The Bertz CT molecular complexity index is 1020. The van der Waals surface area contributed by atoms with E-state index in [1.165, 1.54) is 4.90 Å². The molecule has 0 radical (unpaired) electrons. The van der Waals surface area contributed by atoms with Crippen LogP contribution in [0.5, 0.6) is 0 Å². The molecule has 2 bridgehead atoms. The quantitative estimate of drug-likeness (QED) is 0.381. The standard InChI is InChI=1S/C26H35BrN2O6/c1-6-14(4)18(12-30)29-22(23(31)28-17-10-13(3)8-9-15(17)5)26-11-16(27)21(35-26)19(20(26)24(29)32)25(33)34-7-2/h8-10,14,16,18-22,30H,6-7,11-12H2,1-5H3,(H,28,31)/t14-,16?,18-,19-,20+,21-,22-,26+/m0/s1. The number of carbonyl (C=O) groups excluding carboxylic acids is 3. The number of rotatable bonds is 8. The van der Waals surface area contributed by atoms with E-state index >= 15 is 0 Å². The molecule has 1 unspecified atom stereocenters. The molecule has 3 heterocycles. The number of halogens is 1. The number of nitrogens with zero attached hydrogens (tertiary/aromatic N) is 1. The van der Waals surface area contributed by atoms with Gasteiger partial charge in [-0.2, -0.15) is 0 Å². The first kappa shape index (κ1) is 26.1. The molecule has 2 amide bonds. The molecule has 8 nitrogen and oxygen atoms in total. The van der Waals surface area contributed by atoms with E-state index in [0.29, 0.717) is 18.5 Å². The Kier molecular flexibility index (Phi) is 7.33. The van der Waals surface area contributed by atoms with Gasteiger partial charge in [-0.3, -0.25) is 14.4 Å². The summed E-state index contributed by atoms with van der Waals surface area (Å²) in [5.74, 6) is -2.90. The molecule has 3 aliphatic rings. The fraction of sp³-hybridized carbons (Fsp3) is 0.654. The maximum Gasteiger partial charge on any atom is 0.312 e. The Morgan fingerprint density at radius 3 is 2.69 bits per heavy atom. The Hall–Kier alpha value is -1.97. The van der Waals surface area contributed by atoms with Gasteiger partial charge in [-0.15, -0.1) is 0 Å². The van der Waals surface area contributed by atoms with Crippen LogP contribution in [0, 0.1) is 31.6 Å². The van der Waals surface area contributed by atoms with Crippen molar-refractivity contribution in [2.75, 3.05) is 18.5 Å². The number of hydrogen-bond acceptors (Lipinski definition) is 6. The molecule has 9 heteroatoms. The largest absolute Gasteiger partial charge is 0.466 e. The van der Waals surface area contributed by atoms with Crippen molar-refractivity contribution in [1.29, 1.82) is 0 Å². The zero-order chi connectivity index (χ0) is 25.7. The third kappa shape index (κ3) is 4.09. The molecule has 192 valence electrons. The molecule has 35 heavy (non-hydrogen) atoms. The maximum absolute atomic E-state index is 14.0. The van der Waals surface area contributed by atoms with E-state index in [1.54, 1.807) is 6.92 Å². The number of aryl methyl sites for hydroxylation is 2. The zero-order valence-electron chi connectivity index (χ0n) is 20.9. The molecule has 0 aliphatic carbocycles. The van der Waals surface area contributed by atoms with Gasteiger partial charge in [-0.1, -0.05) is 48.3 Å². The molecule has 3 aliphatic heterocycles. The van der Waals surface area contributed by atoms with Gasteiger partial charge in [-0.05, 0) is 50.3 Å². The Morgan fingerprint density at radius 2 is 2.06 bits per heavy atom. The summed E-state index contributed by atoms with van der Waals surface area (Å²) in [7, 11) is 0. The van der Waals surface area contributed by atoms with Gasteiger partial charge < -0.3 is 24.8 Å². The summed E-state index contributed by atoms with van der Waals surface area (Å²) in [6.07, 6.45) is 0.561. The van der Waals surface area contributed by atoms with Gasteiger partial charge >= 0.3 is 5.97 Å². The summed E-state index contributed by atoms with van der Waals surface area (Å²) >= 11 is 3.64. The van der Waals surface area contributed by atoms with Gasteiger partial charge in [0.25, 0.3) is 0 Å². The van der Waals surface area contributed by atoms with Gasteiger partial charge in [0.05, 0.1) is 37.2 Å². The van der Waals surface area contributed by atoms with Crippen LogP contribution in [0.15, 0.2) is 18.2 Å². The van der Waals surface area contributed by atoms with Crippen LogP contribution in [0.2, 0.25) is 0 Å². The highest BCUT2D eigenvalue weighted by molar-refractivity contribution is 9.09. The number of amides is 2. The van der Waals surface area contributed by atoms with E-state index in [-0.39, 0.29) is 35.8 Å². The summed E-state index contributed by atoms with van der Waals surface area (Å²) in [6.45, 7) is 9.41. The lowest BCUT2D eigenvalue weighted by Crippen LogP contribution is -2.57. The van der Waals surface area contributed by atoms with Crippen molar-refractivity contribution < 1.29 is 29.0 Å². The van der Waals surface area contributed by atoms with Crippen LogP contribution in [0.1, 0.15) is 44.7 Å². The number of ether oxygens (including phenoxy) is 2. The van der Waals surface area contributed by atoms with Crippen LogP contribution in [0.4, 0.5) is 5.69 Å². The lowest BCUT2D eigenvalue weighted by Gasteiger charge is -2.38. The minimum Gasteiger partial charge on any atom is -0.466 e. The van der Waals surface area contributed by atoms with E-state index in [2.05, 4.69) is 21.2 Å². The minimum absolute atomic E-state index is 0.0619. The van der Waals surface area contributed by atoms with Gasteiger partial charge in [0.2, 0.25) is 11.8 Å². The molecule has 0 aromatic heterocycles. The highest BCUT2D eigenvalue weighted by atomic mass is 79.9. The number of hydrogen-bond donors (Lipinski definition) is 2. The third-order valence-electron chi connectivity index (χ3n) is 8.03. The maximum atomic E-state index is 14.0. The minimum atomic E-state index is -1.18. The van der Waals surface area contributed by atoms with Crippen molar-refractivity contribution in [3.05, 3.63) is 29.3 Å². The topological polar surface area (TPSA) is 105 Å². The first-order valence-electron chi connectivity index (χ1n) is 12.4. The number of fused-ring (bicyclic) bond motifs is 1. The fourth-order valence-electron chi connectivity index (χ4n) is 6.12. The number of aliphatic hydroxyl groups is 1. The smallest absolute Gasteiger partial charge is 0.312 e. The van der Waals surface area contributed by atoms with Crippen molar-refractivity contribution in [2.45, 2.75) is 76.1 Å². The van der Waals surface area contributed by atoms with Crippen LogP contribution < -0.4 is 5.32 Å². The van der Waals surface area contributed by atoms with E-state index in [0.717, 1.165) is 11.1 Å². The molecule has 0 saturated carbocycles. The first-order valence-corrected chi connectivity index (χ1v) is 13.3. The number of nitrogens with one attached hydrogen (secondary N) is 1. The lowest BCUT2D eigenvalue weighted by atomic mass is 9.70. The van der Waals surface area contributed by atoms with Crippen molar-refractivity contribution in [3.63, 3.8) is 0 Å². The number of anilines is 1. The molecule has 3 saturated heterocycles. The monoisotopic (exact) mass is 550 g/mol.